The number of nitrogens with zero attached hydrogens (tertiary/aromatic N) is 1. The number of aryl methyl sites for hydroxylation is 1. The maximum atomic E-state index is 13.0. The van der Waals surface area contributed by atoms with Gasteiger partial charge < -0.3 is 14.8 Å². The molecule has 1 aromatic rings. The van der Waals surface area contributed by atoms with Gasteiger partial charge in [0.2, 0.25) is 0 Å². The predicted molar refractivity (Wildman–Crippen MR) is 107 cm³/mol. The number of esters is 1. The van der Waals surface area contributed by atoms with Gasteiger partial charge in [0.15, 0.2) is 0 Å². The van der Waals surface area contributed by atoms with E-state index in [4.69, 9.17) is 9.47 Å². The molecule has 1 saturated carbocycles. The minimum Gasteiger partial charge on any atom is -0.490 e. The van der Waals surface area contributed by atoms with E-state index in [0.29, 0.717) is 24.5 Å². The number of ether oxygens (including phenoxy) is 2. The van der Waals surface area contributed by atoms with Gasteiger partial charge in [0.1, 0.15) is 31.0 Å². The van der Waals surface area contributed by atoms with Crippen LogP contribution in [0.1, 0.15) is 45.6 Å². The molecule has 1 heterocycles. The smallest absolute Gasteiger partial charge is 0.326 e. The second-order valence-corrected chi connectivity index (χ2v) is 9.14. The van der Waals surface area contributed by atoms with E-state index < -0.39 is 17.5 Å². The molecular weight excluding hydrogens is 372 g/mol. The number of carbonyl (C=O) groups is 3. The van der Waals surface area contributed by atoms with Gasteiger partial charge in [0.05, 0.1) is 0 Å². The first-order chi connectivity index (χ1) is 13.6. The highest BCUT2D eigenvalue weighted by atomic mass is 16.6. The predicted octanol–water partition coefficient (Wildman–Crippen LogP) is 3.05. The molecule has 0 radical (unpaired) electrons. The summed E-state index contributed by atoms with van der Waals surface area (Å²) in [6, 6.07) is 7.03. The van der Waals surface area contributed by atoms with E-state index in [0.717, 1.165) is 16.9 Å². The number of urea groups is 1. The van der Waals surface area contributed by atoms with Crippen molar-refractivity contribution in [2.45, 2.75) is 52.5 Å². The van der Waals surface area contributed by atoms with E-state index in [1.54, 1.807) is 0 Å². The molecule has 2 fully saturated rings. The van der Waals surface area contributed by atoms with Crippen LogP contribution in [0.15, 0.2) is 24.3 Å². The summed E-state index contributed by atoms with van der Waals surface area (Å²) >= 11 is 0. The first-order valence-electron chi connectivity index (χ1n) is 10.1. The molecule has 0 aromatic heterocycles. The summed E-state index contributed by atoms with van der Waals surface area (Å²) in [5, 5.41) is 2.86. The topological polar surface area (TPSA) is 84.9 Å². The molecule has 1 aliphatic heterocycles. The molecule has 1 spiro atoms. The average molecular weight is 402 g/mol. The lowest BCUT2D eigenvalue weighted by molar-refractivity contribution is -0.149. The fourth-order valence-electron chi connectivity index (χ4n) is 4.77. The molecule has 7 nitrogen and oxygen atoms in total. The third-order valence-electron chi connectivity index (χ3n) is 5.55. The summed E-state index contributed by atoms with van der Waals surface area (Å²) in [7, 11) is 0. The molecule has 3 amide bonds. The van der Waals surface area contributed by atoms with Crippen molar-refractivity contribution in [3.63, 3.8) is 0 Å². The Morgan fingerprint density at radius 2 is 1.86 bits per heavy atom. The van der Waals surface area contributed by atoms with Crippen LogP contribution in [0.2, 0.25) is 0 Å². The maximum absolute atomic E-state index is 13.0. The Morgan fingerprint density at radius 3 is 2.52 bits per heavy atom. The number of rotatable bonds is 6. The maximum Gasteiger partial charge on any atom is 0.326 e. The van der Waals surface area contributed by atoms with Crippen LogP contribution in [-0.4, -0.2) is 48.1 Å². The molecule has 0 bridgehead atoms. The van der Waals surface area contributed by atoms with Crippen LogP contribution in [0.25, 0.3) is 0 Å². The molecule has 29 heavy (non-hydrogen) atoms. The van der Waals surface area contributed by atoms with E-state index in [9.17, 15) is 14.4 Å². The zero-order valence-corrected chi connectivity index (χ0v) is 17.6. The molecule has 2 aliphatic rings. The number of imide groups is 1. The Bertz CT molecular complexity index is 789. The van der Waals surface area contributed by atoms with Crippen molar-refractivity contribution in [2.24, 2.45) is 11.3 Å². The van der Waals surface area contributed by atoms with Crippen molar-refractivity contribution >= 4 is 17.9 Å². The van der Waals surface area contributed by atoms with Gasteiger partial charge >= 0.3 is 12.0 Å². The summed E-state index contributed by atoms with van der Waals surface area (Å²) in [6.45, 7) is 8.15. The quantitative estimate of drug-likeness (QED) is 0.449. The third kappa shape index (κ3) is 4.89. The summed E-state index contributed by atoms with van der Waals surface area (Å²) < 4.78 is 10.7. The van der Waals surface area contributed by atoms with Crippen molar-refractivity contribution in [2.75, 3.05) is 19.8 Å². The van der Waals surface area contributed by atoms with Crippen LogP contribution < -0.4 is 10.1 Å². The molecule has 1 aromatic carbocycles. The summed E-state index contributed by atoms with van der Waals surface area (Å²) in [4.78, 5) is 38.6. The van der Waals surface area contributed by atoms with Crippen molar-refractivity contribution in [1.82, 2.24) is 10.2 Å². The summed E-state index contributed by atoms with van der Waals surface area (Å²) in [6.07, 6.45) is 2.17. The molecule has 1 saturated heterocycles. The van der Waals surface area contributed by atoms with Crippen LogP contribution in [0.4, 0.5) is 4.79 Å². The van der Waals surface area contributed by atoms with Crippen LogP contribution in [-0.2, 0) is 14.3 Å². The summed E-state index contributed by atoms with van der Waals surface area (Å²) in [5.41, 5.74) is 0.170. The van der Waals surface area contributed by atoms with Gasteiger partial charge in [-0.15, -0.1) is 0 Å². The van der Waals surface area contributed by atoms with Crippen molar-refractivity contribution in [3.8, 4) is 5.75 Å². The number of carbonyl (C=O) groups excluding carboxylic acids is 3. The average Bonchev–Trinajstić information content (AvgIpc) is 2.82. The number of amides is 3. The zero-order valence-electron chi connectivity index (χ0n) is 17.6. The third-order valence-corrected chi connectivity index (χ3v) is 5.55. The zero-order chi connectivity index (χ0) is 21.2. The van der Waals surface area contributed by atoms with Crippen molar-refractivity contribution in [1.29, 1.82) is 0 Å². The Balaban J connectivity index is 1.50. The van der Waals surface area contributed by atoms with Crippen LogP contribution in [0, 0.1) is 18.3 Å². The van der Waals surface area contributed by atoms with E-state index in [1.807, 2.05) is 31.2 Å². The number of nitrogens with one attached hydrogen (secondary N) is 1. The summed E-state index contributed by atoms with van der Waals surface area (Å²) in [5.74, 6) is 0.0571. The van der Waals surface area contributed by atoms with E-state index in [-0.39, 0.29) is 31.1 Å². The minimum absolute atomic E-state index is 0.0472. The van der Waals surface area contributed by atoms with Gasteiger partial charge in [-0.1, -0.05) is 38.5 Å². The van der Waals surface area contributed by atoms with Gasteiger partial charge in [0, 0.05) is 0 Å². The Hall–Kier alpha value is -2.57. The van der Waals surface area contributed by atoms with Gasteiger partial charge in [-0.3, -0.25) is 14.5 Å². The molecule has 7 heteroatoms. The fourth-order valence-corrected chi connectivity index (χ4v) is 4.77. The second kappa shape index (κ2) is 8.05. The Kier molecular flexibility index (Phi) is 5.87. The Labute approximate surface area is 171 Å². The van der Waals surface area contributed by atoms with E-state index >= 15 is 0 Å². The molecule has 1 N–H and O–H groups in total. The molecular formula is C22H30N2O5. The molecule has 2 atom stereocenters. The molecule has 1 aliphatic carbocycles. The molecule has 3 rings (SSSR count). The highest BCUT2D eigenvalue weighted by Crippen LogP contribution is 2.46. The highest BCUT2D eigenvalue weighted by molar-refractivity contribution is 6.08. The monoisotopic (exact) mass is 402 g/mol. The van der Waals surface area contributed by atoms with Gasteiger partial charge in [0.25, 0.3) is 5.91 Å². The number of hydrogen-bond acceptors (Lipinski definition) is 5. The lowest BCUT2D eigenvalue weighted by Gasteiger charge is -2.43. The minimum atomic E-state index is -0.910. The first kappa shape index (κ1) is 21.1. The first-order valence-corrected chi connectivity index (χ1v) is 10.1. The second-order valence-electron chi connectivity index (χ2n) is 9.14. The van der Waals surface area contributed by atoms with E-state index in [1.165, 1.54) is 0 Å². The van der Waals surface area contributed by atoms with Gasteiger partial charge in [-0.2, -0.15) is 0 Å². The molecule has 2 unspecified atom stereocenters. The normalized spacial score (nSPS) is 25.8. The number of benzene rings is 1. The van der Waals surface area contributed by atoms with Crippen molar-refractivity contribution in [3.05, 3.63) is 29.8 Å². The Morgan fingerprint density at radius 1 is 1.17 bits per heavy atom. The standard InChI is InChI=1S/C22H30N2O5/c1-15-5-7-17(8-6-15)28-9-10-29-18(25)13-24-19(26)22(23-20(24)27)12-16(2)11-21(3,4)14-22/h5-8,16H,9-14H2,1-4H3,(H,23,27). The van der Waals surface area contributed by atoms with Crippen molar-refractivity contribution < 1.29 is 23.9 Å². The van der Waals surface area contributed by atoms with Gasteiger partial charge in [-0.25, -0.2) is 4.79 Å². The highest BCUT2D eigenvalue weighted by Gasteiger charge is 2.56. The number of hydrogen-bond donors (Lipinski definition) is 1. The van der Waals surface area contributed by atoms with Gasteiger partial charge in [-0.05, 0) is 49.7 Å². The largest absolute Gasteiger partial charge is 0.490 e. The van der Waals surface area contributed by atoms with Crippen LogP contribution in [0.5, 0.6) is 5.75 Å². The SMILES string of the molecule is Cc1ccc(OCCOC(=O)CN2C(=O)NC3(CC(C)CC(C)(C)C3)C2=O)cc1. The lowest BCUT2D eigenvalue weighted by atomic mass is 9.64. The van der Waals surface area contributed by atoms with Crippen LogP contribution in [0.3, 0.4) is 0 Å². The fraction of sp³-hybridized carbons (Fsp3) is 0.591. The van der Waals surface area contributed by atoms with E-state index in [2.05, 4.69) is 26.1 Å². The molecule has 158 valence electrons. The van der Waals surface area contributed by atoms with Crippen LogP contribution >= 0.6 is 0 Å². The lowest BCUT2D eigenvalue weighted by Crippen LogP contribution is -2.54.